The zero-order valence-corrected chi connectivity index (χ0v) is 8.93. The van der Waals surface area contributed by atoms with Crippen molar-refractivity contribution < 1.29 is 9.15 Å². The highest BCUT2D eigenvalue weighted by Gasteiger charge is 2.02. The van der Waals surface area contributed by atoms with Crippen LogP contribution in [0.4, 0.5) is 0 Å². The molecule has 0 bridgehead atoms. The summed E-state index contributed by atoms with van der Waals surface area (Å²) in [6.45, 7) is 2.40. The van der Waals surface area contributed by atoms with Gasteiger partial charge in [0.15, 0.2) is 0 Å². The van der Waals surface area contributed by atoms with Crippen molar-refractivity contribution in [2.45, 2.75) is 13.5 Å². The average Bonchev–Trinajstić information content (AvgIpc) is 2.81. The monoisotopic (exact) mass is 213 g/mol. The van der Waals surface area contributed by atoms with Crippen LogP contribution in [0.3, 0.4) is 0 Å². The van der Waals surface area contributed by atoms with Crippen LogP contribution < -0.4 is 4.74 Å². The van der Waals surface area contributed by atoms with Crippen LogP contribution in [0.15, 0.2) is 41.2 Å². The number of benzene rings is 1. The zero-order valence-electron chi connectivity index (χ0n) is 8.93. The number of furan rings is 1. The Kier molecular flexibility index (Phi) is 2.93. The van der Waals surface area contributed by atoms with Crippen LogP contribution in [0, 0.1) is 18.3 Å². The molecule has 0 amide bonds. The van der Waals surface area contributed by atoms with Crippen molar-refractivity contribution in [1.82, 2.24) is 0 Å². The van der Waals surface area contributed by atoms with Gasteiger partial charge < -0.3 is 9.15 Å². The summed E-state index contributed by atoms with van der Waals surface area (Å²) in [4.78, 5) is 0. The summed E-state index contributed by atoms with van der Waals surface area (Å²) in [5.41, 5.74) is 2.59. The zero-order chi connectivity index (χ0) is 11.4. The molecule has 80 valence electrons. The molecule has 0 N–H and O–H groups in total. The highest BCUT2D eigenvalue weighted by atomic mass is 16.5. The normalized spacial score (nSPS) is 9.75. The van der Waals surface area contributed by atoms with E-state index < -0.39 is 0 Å². The van der Waals surface area contributed by atoms with E-state index in [-0.39, 0.29) is 0 Å². The summed E-state index contributed by atoms with van der Waals surface area (Å²) in [6.07, 6.45) is 3.25. The average molecular weight is 213 g/mol. The largest absolute Gasteiger partial charge is 0.488 e. The van der Waals surface area contributed by atoms with Gasteiger partial charge in [-0.1, -0.05) is 6.07 Å². The maximum atomic E-state index is 8.78. The van der Waals surface area contributed by atoms with Crippen LogP contribution in [0.1, 0.15) is 16.7 Å². The molecule has 0 unspecified atom stereocenters. The smallest absolute Gasteiger partial charge is 0.124 e. The number of hydrogen-bond donors (Lipinski definition) is 0. The molecule has 0 saturated heterocycles. The second-order valence-corrected chi connectivity index (χ2v) is 3.51. The lowest BCUT2D eigenvalue weighted by Gasteiger charge is -2.07. The molecule has 16 heavy (non-hydrogen) atoms. The second kappa shape index (κ2) is 4.54. The van der Waals surface area contributed by atoms with Gasteiger partial charge in [0.2, 0.25) is 0 Å². The van der Waals surface area contributed by atoms with E-state index in [1.807, 2.05) is 19.1 Å². The van der Waals surface area contributed by atoms with Gasteiger partial charge in [0.25, 0.3) is 0 Å². The van der Waals surface area contributed by atoms with Gasteiger partial charge in [0, 0.05) is 5.56 Å². The third-order valence-corrected chi connectivity index (χ3v) is 2.29. The molecule has 0 atom stereocenters. The van der Waals surface area contributed by atoms with E-state index in [9.17, 15) is 0 Å². The van der Waals surface area contributed by atoms with Crippen molar-refractivity contribution >= 4 is 0 Å². The first-order chi connectivity index (χ1) is 7.79. The Bertz CT molecular complexity index is 509. The van der Waals surface area contributed by atoms with Crippen LogP contribution in [-0.4, -0.2) is 0 Å². The highest BCUT2D eigenvalue weighted by molar-refractivity contribution is 5.41. The van der Waals surface area contributed by atoms with Crippen LogP contribution in [0.2, 0.25) is 0 Å². The Morgan fingerprint density at radius 1 is 1.38 bits per heavy atom. The van der Waals surface area contributed by atoms with Crippen molar-refractivity contribution in [2.75, 3.05) is 0 Å². The molecular weight excluding hydrogens is 202 g/mol. The van der Waals surface area contributed by atoms with E-state index in [1.165, 1.54) is 0 Å². The van der Waals surface area contributed by atoms with Gasteiger partial charge in [-0.3, -0.25) is 0 Å². The van der Waals surface area contributed by atoms with Gasteiger partial charge in [0.1, 0.15) is 12.4 Å². The summed E-state index contributed by atoms with van der Waals surface area (Å²) in [5, 5.41) is 8.78. The Hall–Kier alpha value is -2.21. The Balaban J connectivity index is 2.12. The lowest BCUT2D eigenvalue weighted by atomic mass is 10.1. The molecule has 2 rings (SSSR count). The first kappa shape index (κ1) is 10.3. The van der Waals surface area contributed by atoms with Crippen molar-refractivity contribution in [3.8, 4) is 11.8 Å². The molecule has 0 aliphatic heterocycles. The fourth-order valence-corrected chi connectivity index (χ4v) is 1.36. The molecule has 2 aromatic rings. The first-order valence-corrected chi connectivity index (χ1v) is 4.94. The van der Waals surface area contributed by atoms with Crippen molar-refractivity contribution in [3.05, 3.63) is 53.5 Å². The molecule has 0 aliphatic carbocycles. The van der Waals surface area contributed by atoms with Gasteiger partial charge in [-0.05, 0) is 30.7 Å². The lowest BCUT2D eigenvalue weighted by molar-refractivity contribution is 0.302. The third-order valence-electron chi connectivity index (χ3n) is 2.29. The number of rotatable bonds is 3. The van der Waals surface area contributed by atoms with E-state index in [0.29, 0.717) is 12.2 Å². The summed E-state index contributed by atoms with van der Waals surface area (Å²) in [6, 6.07) is 9.34. The van der Waals surface area contributed by atoms with Gasteiger partial charge >= 0.3 is 0 Å². The van der Waals surface area contributed by atoms with Crippen molar-refractivity contribution in [2.24, 2.45) is 0 Å². The van der Waals surface area contributed by atoms with E-state index in [4.69, 9.17) is 14.4 Å². The Morgan fingerprint density at radius 3 is 2.94 bits per heavy atom. The minimum atomic E-state index is 0.451. The molecule has 3 heteroatoms. The number of ether oxygens (including phenoxy) is 1. The second-order valence-electron chi connectivity index (χ2n) is 3.51. The molecule has 3 nitrogen and oxygen atoms in total. The van der Waals surface area contributed by atoms with Crippen molar-refractivity contribution in [3.63, 3.8) is 0 Å². The quantitative estimate of drug-likeness (QED) is 0.787. The topological polar surface area (TPSA) is 46.2 Å². The number of nitrogens with zero attached hydrogens (tertiary/aromatic N) is 1. The van der Waals surface area contributed by atoms with Crippen LogP contribution in [0.5, 0.6) is 5.75 Å². The number of nitriles is 1. The molecule has 1 aromatic carbocycles. The molecular formula is C13H11NO2. The summed E-state index contributed by atoms with van der Waals surface area (Å²) in [7, 11) is 0. The molecule has 1 heterocycles. The Labute approximate surface area is 93.9 Å². The SMILES string of the molecule is Cc1ccc(C#N)cc1OCc1ccoc1. The Morgan fingerprint density at radius 2 is 2.25 bits per heavy atom. The summed E-state index contributed by atoms with van der Waals surface area (Å²) < 4.78 is 10.6. The molecule has 0 fully saturated rings. The third kappa shape index (κ3) is 2.23. The maximum Gasteiger partial charge on any atom is 0.124 e. The van der Waals surface area contributed by atoms with Gasteiger partial charge in [-0.25, -0.2) is 0 Å². The molecule has 0 aliphatic rings. The fraction of sp³-hybridized carbons (Fsp3) is 0.154. The number of hydrogen-bond acceptors (Lipinski definition) is 3. The van der Waals surface area contributed by atoms with Gasteiger partial charge in [0.05, 0.1) is 24.2 Å². The van der Waals surface area contributed by atoms with E-state index in [1.54, 1.807) is 24.7 Å². The highest BCUT2D eigenvalue weighted by Crippen LogP contribution is 2.20. The van der Waals surface area contributed by atoms with E-state index >= 15 is 0 Å². The van der Waals surface area contributed by atoms with Gasteiger partial charge in [-0.2, -0.15) is 5.26 Å². The summed E-state index contributed by atoms with van der Waals surface area (Å²) >= 11 is 0. The van der Waals surface area contributed by atoms with Crippen LogP contribution >= 0.6 is 0 Å². The van der Waals surface area contributed by atoms with Crippen LogP contribution in [0.25, 0.3) is 0 Å². The van der Waals surface area contributed by atoms with Crippen molar-refractivity contribution in [1.29, 1.82) is 5.26 Å². The maximum absolute atomic E-state index is 8.78. The van der Waals surface area contributed by atoms with E-state index in [0.717, 1.165) is 16.9 Å². The fourth-order valence-electron chi connectivity index (χ4n) is 1.36. The lowest BCUT2D eigenvalue weighted by Crippen LogP contribution is -1.96. The van der Waals surface area contributed by atoms with E-state index in [2.05, 4.69) is 6.07 Å². The standard InChI is InChI=1S/C13H11NO2/c1-10-2-3-11(7-14)6-13(10)16-9-12-4-5-15-8-12/h2-6,8H,9H2,1H3. The molecule has 0 spiro atoms. The van der Waals surface area contributed by atoms with Crippen LogP contribution in [-0.2, 0) is 6.61 Å². The minimum Gasteiger partial charge on any atom is -0.488 e. The molecule has 0 saturated carbocycles. The predicted molar refractivity (Wildman–Crippen MR) is 58.9 cm³/mol. The first-order valence-electron chi connectivity index (χ1n) is 4.94. The minimum absolute atomic E-state index is 0.451. The summed E-state index contributed by atoms with van der Waals surface area (Å²) in [5.74, 6) is 0.736. The number of aryl methyl sites for hydroxylation is 1. The van der Waals surface area contributed by atoms with Gasteiger partial charge in [-0.15, -0.1) is 0 Å². The molecule has 0 radical (unpaired) electrons. The predicted octanol–water partition coefficient (Wildman–Crippen LogP) is 3.04. The molecule has 1 aromatic heterocycles.